The number of anilines is 1. The van der Waals surface area contributed by atoms with Crippen LogP contribution in [0.5, 0.6) is 0 Å². The van der Waals surface area contributed by atoms with Gasteiger partial charge in [0, 0.05) is 17.8 Å². The monoisotopic (exact) mass is 424 g/mol. The first-order chi connectivity index (χ1) is 13.0. The van der Waals surface area contributed by atoms with E-state index in [0.29, 0.717) is 33.3 Å². The van der Waals surface area contributed by atoms with Crippen molar-refractivity contribution in [1.82, 2.24) is 14.8 Å². The van der Waals surface area contributed by atoms with Crippen molar-refractivity contribution in [2.75, 3.05) is 11.1 Å². The van der Waals surface area contributed by atoms with Crippen molar-refractivity contribution in [3.05, 3.63) is 58.3 Å². The second-order valence-corrected chi connectivity index (χ2v) is 7.28. The summed E-state index contributed by atoms with van der Waals surface area (Å²) in [6.45, 7) is 2.58. The summed E-state index contributed by atoms with van der Waals surface area (Å²) in [6, 6.07) is 10.9. The molecule has 0 spiro atoms. The van der Waals surface area contributed by atoms with Crippen molar-refractivity contribution < 1.29 is 9.18 Å². The van der Waals surface area contributed by atoms with E-state index in [2.05, 4.69) is 15.5 Å². The summed E-state index contributed by atoms with van der Waals surface area (Å²) >= 11 is 13.1. The lowest BCUT2D eigenvalue weighted by Gasteiger charge is -2.08. The lowest BCUT2D eigenvalue weighted by Crippen LogP contribution is -2.14. The van der Waals surface area contributed by atoms with Crippen LogP contribution < -0.4 is 5.32 Å². The van der Waals surface area contributed by atoms with E-state index in [1.54, 1.807) is 30.3 Å². The molecule has 0 unspecified atom stereocenters. The SMILES string of the molecule is CCn1c(SCC(=O)Nc2ccc(Cl)c(Cl)c2)nnc1-c1ccc(F)cc1. The number of halogens is 3. The van der Waals surface area contributed by atoms with Gasteiger partial charge >= 0.3 is 0 Å². The summed E-state index contributed by atoms with van der Waals surface area (Å²) in [5.41, 5.74) is 1.33. The topological polar surface area (TPSA) is 59.8 Å². The van der Waals surface area contributed by atoms with E-state index in [4.69, 9.17) is 23.2 Å². The molecule has 0 fully saturated rings. The van der Waals surface area contributed by atoms with Gasteiger partial charge in [-0.15, -0.1) is 10.2 Å². The maximum absolute atomic E-state index is 13.1. The zero-order chi connectivity index (χ0) is 19.4. The Morgan fingerprint density at radius 2 is 1.89 bits per heavy atom. The predicted molar refractivity (Wildman–Crippen MR) is 107 cm³/mol. The third-order valence-corrected chi connectivity index (χ3v) is 5.38. The minimum Gasteiger partial charge on any atom is -0.325 e. The molecule has 0 bridgehead atoms. The van der Waals surface area contributed by atoms with Gasteiger partial charge in [0.1, 0.15) is 5.82 Å². The number of benzene rings is 2. The molecule has 9 heteroatoms. The highest BCUT2D eigenvalue weighted by molar-refractivity contribution is 7.99. The number of hydrogen-bond donors (Lipinski definition) is 1. The Kier molecular flexibility index (Phi) is 6.36. The highest BCUT2D eigenvalue weighted by atomic mass is 35.5. The van der Waals surface area contributed by atoms with Crippen LogP contribution in [0.4, 0.5) is 10.1 Å². The summed E-state index contributed by atoms with van der Waals surface area (Å²) in [4.78, 5) is 12.2. The fraction of sp³-hybridized carbons (Fsp3) is 0.167. The molecule has 5 nitrogen and oxygen atoms in total. The number of thioether (sulfide) groups is 1. The molecule has 0 saturated heterocycles. The van der Waals surface area contributed by atoms with Gasteiger partial charge in [-0.25, -0.2) is 4.39 Å². The molecule has 3 rings (SSSR count). The quantitative estimate of drug-likeness (QED) is 0.556. The standard InChI is InChI=1S/C18H15Cl2FN4OS/c1-2-25-17(11-3-5-12(21)6-4-11)23-24-18(25)27-10-16(26)22-13-7-8-14(19)15(20)9-13/h3-9H,2,10H2,1H3,(H,22,26). The lowest BCUT2D eigenvalue weighted by atomic mass is 10.2. The highest BCUT2D eigenvalue weighted by Crippen LogP contribution is 2.26. The van der Waals surface area contributed by atoms with Crippen LogP contribution in [-0.4, -0.2) is 26.4 Å². The number of carbonyl (C=O) groups excluding carboxylic acids is 1. The van der Waals surface area contributed by atoms with Gasteiger partial charge in [-0.05, 0) is 49.4 Å². The summed E-state index contributed by atoms with van der Waals surface area (Å²) in [5, 5.41) is 12.5. The van der Waals surface area contributed by atoms with Crippen LogP contribution in [0.3, 0.4) is 0 Å². The van der Waals surface area contributed by atoms with Gasteiger partial charge < -0.3 is 9.88 Å². The van der Waals surface area contributed by atoms with Crippen molar-refractivity contribution in [2.45, 2.75) is 18.6 Å². The van der Waals surface area contributed by atoms with Crippen molar-refractivity contribution in [3.8, 4) is 11.4 Å². The Bertz CT molecular complexity index is 962. The van der Waals surface area contributed by atoms with Gasteiger partial charge in [0.2, 0.25) is 5.91 Å². The van der Waals surface area contributed by atoms with E-state index in [0.717, 1.165) is 5.56 Å². The first-order valence-corrected chi connectivity index (χ1v) is 9.79. The fourth-order valence-electron chi connectivity index (χ4n) is 2.39. The molecule has 3 aromatic rings. The van der Waals surface area contributed by atoms with E-state index in [-0.39, 0.29) is 17.5 Å². The van der Waals surface area contributed by atoms with Crippen LogP contribution in [0.15, 0.2) is 47.6 Å². The van der Waals surface area contributed by atoms with Crippen LogP contribution in [0, 0.1) is 5.82 Å². The summed E-state index contributed by atoms with van der Waals surface area (Å²) < 4.78 is 15.0. The summed E-state index contributed by atoms with van der Waals surface area (Å²) in [5.74, 6) is 0.272. The van der Waals surface area contributed by atoms with Gasteiger partial charge in [0.05, 0.1) is 15.8 Å². The Hall–Kier alpha value is -2.09. The Balaban J connectivity index is 1.68. The molecular formula is C18H15Cl2FN4OS. The van der Waals surface area contributed by atoms with Crippen LogP contribution >= 0.6 is 35.0 Å². The average Bonchev–Trinajstić information content (AvgIpc) is 3.06. The van der Waals surface area contributed by atoms with Crippen LogP contribution in [0.25, 0.3) is 11.4 Å². The molecule has 0 atom stereocenters. The summed E-state index contributed by atoms with van der Waals surface area (Å²) in [6.07, 6.45) is 0. The molecule has 1 N–H and O–H groups in total. The van der Waals surface area contributed by atoms with Crippen LogP contribution in [-0.2, 0) is 11.3 Å². The number of aromatic nitrogens is 3. The number of amides is 1. The van der Waals surface area contributed by atoms with E-state index in [1.807, 2.05) is 11.5 Å². The molecule has 0 aliphatic carbocycles. The smallest absolute Gasteiger partial charge is 0.234 e. The molecule has 1 aromatic heterocycles. The van der Waals surface area contributed by atoms with Gasteiger partial charge in [-0.2, -0.15) is 0 Å². The minimum atomic E-state index is -0.310. The van der Waals surface area contributed by atoms with E-state index < -0.39 is 0 Å². The van der Waals surface area contributed by atoms with Crippen molar-refractivity contribution in [2.24, 2.45) is 0 Å². The molecule has 140 valence electrons. The van der Waals surface area contributed by atoms with E-state index >= 15 is 0 Å². The van der Waals surface area contributed by atoms with E-state index in [9.17, 15) is 9.18 Å². The second kappa shape index (κ2) is 8.73. The fourth-order valence-corrected chi connectivity index (χ4v) is 3.49. The van der Waals surface area contributed by atoms with Gasteiger partial charge in [-0.3, -0.25) is 4.79 Å². The van der Waals surface area contributed by atoms with Crippen molar-refractivity contribution in [3.63, 3.8) is 0 Å². The van der Waals surface area contributed by atoms with Crippen LogP contribution in [0.2, 0.25) is 10.0 Å². The number of carbonyl (C=O) groups is 1. The maximum atomic E-state index is 13.1. The Labute approximate surface area is 169 Å². The van der Waals surface area contributed by atoms with Crippen molar-refractivity contribution in [1.29, 1.82) is 0 Å². The molecule has 0 saturated carbocycles. The first kappa shape index (κ1) is 19.7. The highest BCUT2D eigenvalue weighted by Gasteiger charge is 2.15. The van der Waals surface area contributed by atoms with Crippen molar-refractivity contribution >= 4 is 46.6 Å². The summed E-state index contributed by atoms with van der Waals surface area (Å²) in [7, 11) is 0. The average molecular weight is 425 g/mol. The maximum Gasteiger partial charge on any atom is 0.234 e. The molecule has 1 heterocycles. The molecule has 27 heavy (non-hydrogen) atoms. The molecule has 1 amide bonds. The first-order valence-electron chi connectivity index (χ1n) is 8.04. The minimum absolute atomic E-state index is 0.155. The largest absolute Gasteiger partial charge is 0.325 e. The number of nitrogens with one attached hydrogen (secondary N) is 1. The third-order valence-electron chi connectivity index (χ3n) is 3.67. The molecule has 0 aliphatic heterocycles. The Morgan fingerprint density at radius 3 is 2.56 bits per heavy atom. The zero-order valence-electron chi connectivity index (χ0n) is 14.2. The van der Waals surface area contributed by atoms with E-state index in [1.165, 1.54) is 23.9 Å². The zero-order valence-corrected chi connectivity index (χ0v) is 16.6. The number of nitrogens with zero attached hydrogens (tertiary/aromatic N) is 3. The predicted octanol–water partition coefficient (Wildman–Crippen LogP) is 5.14. The molecule has 0 aliphatic rings. The Morgan fingerprint density at radius 1 is 1.15 bits per heavy atom. The lowest BCUT2D eigenvalue weighted by molar-refractivity contribution is -0.113. The number of rotatable bonds is 6. The molecule has 2 aromatic carbocycles. The van der Waals surface area contributed by atoms with Gasteiger partial charge in [0.15, 0.2) is 11.0 Å². The van der Waals surface area contributed by atoms with Crippen LogP contribution in [0.1, 0.15) is 6.92 Å². The van der Waals surface area contributed by atoms with Gasteiger partial charge in [-0.1, -0.05) is 35.0 Å². The number of hydrogen-bond acceptors (Lipinski definition) is 4. The molecular weight excluding hydrogens is 410 g/mol. The third kappa shape index (κ3) is 4.80. The normalized spacial score (nSPS) is 10.8. The second-order valence-electron chi connectivity index (χ2n) is 5.52. The van der Waals surface area contributed by atoms with Gasteiger partial charge in [0.25, 0.3) is 0 Å². The molecule has 0 radical (unpaired) electrons.